The number of nitrogens with one attached hydrogen (secondary N) is 1. The number of ether oxygens (including phenoxy) is 2. The molecule has 1 rings (SSSR count). The molecule has 2 N–H and O–H groups in total. The first-order valence-corrected chi connectivity index (χ1v) is 9.77. The van der Waals surface area contributed by atoms with Gasteiger partial charge < -0.3 is 19.9 Å². The Labute approximate surface area is 131 Å². The molecule has 120 valence electrons. The van der Waals surface area contributed by atoms with Gasteiger partial charge in [0, 0.05) is 42.2 Å². The average molecular weight is 324 g/mol. The summed E-state index contributed by atoms with van der Waals surface area (Å²) in [5.41, 5.74) is 0. The molecule has 0 amide bonds. The Hall–Kier alpha value is 0.540. The van der Waals surface area contributed by atoms with Crippen molar-refractivity contribution in [1.82, 2.24) is 5.32 Å². The van der Waals surface area contributed by atoms with Crippen LogP contribution in [0.15, 0.2) is 0 Å². The summed E-state index contributed by atoms with van der Waals surface area (Å²) in [4.78, 5) is 0. The highest BCUT2D eigenvalue weighted by Gasteiger charge is 2.14. The molecule has 2 unspecified atom stereocenters. The fourth-order valence-electron chi connectivity index (χ4n) is 1.81. The number of hydrogen-bond donors (Lipinski definition) is 2. The van der Waals surface area contributed by atoms with Crippen LogP contribution in [0.5, 0.6) is 0 Å². The predicted octanol–water partition coefficient (Wildman–Crippen LogP) is 1.62. The van der Waals surface area contributed by atoms with Crippen LogP contribution in [0.3, 0.4) is 0 Å². The lowest BCUT2D eigenvalue weighted by Gasteiger charge is -2.22. The number of unbranched alkanes of at least 4 members (excludes halogenated alkanes) is 1. The maximum absolute atomic E-state index is 9.78. The van der Waals surface area contributed by atoms with Crippen molar-refractivity contribution in [2.45, 2.75) is 31.1 Å². The average Bonchev–Trinajstić information content (AvgIpc) is 2.47. The summed E-state index contributed by atoms with van der Waals surface area (Å²) >= 11 is 4.06. The van der Waals surface area contributed by atoms with E-state index in [0.717, 1.165) is 26.0 Å². The van der Waals surface area contributed by atoms with Gasteiger partial charge in [0.2, 0.25) is 0 Å². The third-order valence-electron chi connectivity index (χ3n) is 2.96. The third-order valence-corrected chi connectivity index (χ3v) is 5.81. The van der Waals surface area contributed by atoms with E-state index in [9.17, 15) is 5.11 Å². The molecule has 0 radical (unpaired) electrons. The lowest BCUT2D eigenvalue weighted by molar-refractivity contribution is 0.00402. The van der Waals surface area contributed by atoms with E-state index in [1.54, 1.807) is 0 Å². The summed E-state index contributed by atoms with van der Waals surface area (Å²) in [6, 6.07) is 0. The SMILES string of the molecule is CCCCOCCOCC(O)CNCC1CSCCS1. The van der Waals surface area contributed by atoms with Crippen LogP contribution in [0.25, 0.3) is 0 Å². The molecule has 0 aromatic carbocycles. The molecule has 1 heterocycles. The molecule has 1 aliphatic rings. The number of thioether (sulfide) groups is 2. The molecule has 1 saturated heterocycles. The fraction of sp³-hybridized carbons (Fsp3) is 1.00. The van der Waals surface area contributed by atoms with Crippen LogP contribution in [0.1, 0.15) is 19.8 Å². The molecule has 0 spiro atoms. The van der Waals surface area contributed by atoms with Crippen LogP contribution in [0, 0.1) is 0 Å². The molecule has 0 bridgehead atoms. The molecule has 0 aliphatic carbocycles. The summed E-state index contributed by atoms with van der Waals surface area (Å²) < 4.78 is 10.8. The Balaban J connectivity index is 1.83. The van der Waals surface area contributed by atoms with Gasteiger partial charge in [-0.25, -0.2) is 0 Å². The second-order valence-corrected chi connectivity index (χ2v) is 7.48. The molecule has 0 aromatic rings. The minimum absolute atomic E-state index is 0.386. The van der Waals surface area contributed by atoms with Gasteiger partial charge in [-0.1, -0.05) is 13.3 Å². The minimum atomic E-state index is -0.424. The van der Waals surface area contributed by atoms with E-state index in [-0.39, 0.29) is 0 Å². The Morgan fingerprint density at radius 2 is 2.10 bits per heavy atom. The van der Waals surface area contributed by atoms with Crippen molar-refractivity contribution in [2.75, 3.05) is 56.8 Å². The number of hydrogen-bond acceptors (Lipinski definition) is 6. The van der Waals surface area contributed by atoms with Crippen molar-refractivity contribution >= 4 is 23.5 Å². The smallest absolute Gasteiger partial charge is 0.0897 e. The van der Waals surface area contributed by atoms with Crippen LogP contribution in [0.4, 0.5) is 0 Å². The molecule has 0 aromatic heterocycles. The van der Waals surface area contributed by atoms with Crippen LogP contribution in [0.2, 0.25) is 0 Å². The lowest BCUT2D eigenvalue weighted by Crippen LogP contribution is -2.36. The van der Waals surface area contributed by atoms with E-state index < -0.39 is 6.10 Å². The highest BCUT2D eigenvalue weighted by molar-refractivity contribution is 8.06. The molecule has 0 saturated carbocycles. The van der Waals surface area contributed by atoms with Crippen molar-refractivity contribution in [2.24, 2.45) is 0 Å². The van der Waals surface area contributed by atoms with Crippen LogP contribution < -0.4 is 5.32 Å². The Morgan fingerprint density at radius 1 is 1.25 bits per heavy atom. The summed E-state index contributed by atoms with van der Waals surface area (Å²) in [5, 5.41) is 13.8. The van der Waals surface area contributed by atoms with Crippen LogP contribution in [-0.4, -0.2) is 73.2 Å². The minimum Gasteiger partial charge on any atom is -0.389 e. The van der Waals surface area contributed by atoms with Gasteiger partial charge in [-0.05, 0) is 6.42 Å². The van der Waals surface area contributed by atoms with E-state index in [1.807, 2.05) is 23.5 Å². The van der Waals surface area contributed by atoms with Gasteiger partial charge in [-0.15, -0.1) is 0 Å². The summed E-state index contributed by atoms with van der Waals surface area (Å²) in [6.07, 6.45) is 1.83. The second kappa shape index (κ2) is 13.2. The Morgan fingerprint density at radius 3 is 2.85 bits per heavy atom. The molecule has 1 fully saturated rings. The van der Waals surface area contributed by atoms with Crippen molar-refractivity contribution in [1.29, 1.82) is 0 Å². The zero-order valence-electron chi connectivity index (χ0n) is 12.5. The fourth-order valence-corrected chi connectivity index (χ4v) is 4.46. The number of aliphatic hydroxyl groups excluding tert-OH is 1. The van der Waals surface area contributed by atoms with Gasteiger partial charge in [-0.2, -0.15) is 23.5 Å². The third kappa shape index (κ3) is 10.3. The first kappa shape index (κ1) is 18.6. The molecule has 2 atom stereocenters. The van der Waals surface area contributed by atoms with E-state index >= 15 is 0 Å². The zero-order valence-corrected chi connectivity index (χ0v) is 14.1. The molecular weight excluding hydrogens is 294 g/mol. The quantitative estimate of drug-likeness (QED) is 0.532. The van der Waals surface area contributed by atoms with E-state index in [0.29, 0.717) is 31.6 Å². The van der Waals surface area contributed by atoms with Crippen LogP contribution in [-0.2, 0) is 9.47 Å². The normalized spacial score (nSPS) is 21.0. The van der Waals surface area contributed by atoms with Crippen molar-refractivity contribution in [3.05, 3.63) is 0 Å². The van der Waals surface area contributed by atoms with E-state index in [1.165, 1.54) is 17.3 Å². The Kier molecular flexibility index (Phi) is 12.3. The highest BCUT2D eigenvalue weighted by Crippen LogP contribution is 2.23. The molecular formula is C14H29NO3S2. The summed E-state index contributed by atoms with van der Waals surface area (Å²) in [7, 11) is 0. The van der Waals surface area contributed by atoms with Crippen LogP contribution >= 0.6 is 23.5 Å². The van der Waals surface area contributed by atoms with Gasteiger partial charge in [0.25, 0.3) is 0 Å². The van der Waals surface area contributed by atoms with Crippen molar-refractivity contribution < 1.29 is 14.6 Å². The lowest BCUT2D eigenvalue weighted by atomic mass is 10.3. The van der Waals surface area contributed by atoms with Crippen molar-refractivity contribution in [3.63, 3.8) is 0 Å². The maximum atomic E-state index is 9.78. The largest absolute Gasteiger partial charge is 0.389 e. The maximum Gasteiger partial charge on any atom is 0.0897 e. The summed E-state index contributed by atoms with van der Waals surface area (Å²) in [6.45, 7) is 6.12. The first-order chi connectivity index (χ1) is 9.83. The molecule has 1 aliphatic heterocycles. The molecule has 20 heavy (non-hydrogen) atoms. The van der Waals surface area contributed by atoms with Gasteiger partial charge in [0.05, 0.1) is 25.9 Å². The van der Waals surface area contributed by atoms with E-state index in [4.69, 9.17) is 9.47 Å². The van der Waals surface area contributed by atoms with Gasteiger partial charge in [-0.3, -0.25) is 0 Å². The Bertz CT molecular complexity index is 217. The van der Waals surface area contributed by atoms with E-state index in [2.05, 4.69) is 12.2 Å². The second-order valence-electron chi connectivity index (χ2n) is 4.92. The zero-order chi connectivity index (χ0) is 14.5. The molecule has 6 heteroatoms. The number of rotatable bonds is 12. The highest BCUT2D eigenvalue weighted by atomic mass is 32.2. The van der Waals surface area contributed by atoms with Crippen molar-refractivity contribution in [3.8, 4) is 0 Å². The monoisotopic (exact) mass is 323 g/mol. The van der Waals surface area contributed by atoms with Gasteiger partial charge >= 0.3 is 0 Å². The van der Waals surface area contributed by atoms with Gasteiger partial charge in [0.15, 0.2) is 0 Å². The predicted molar refractivity (Wildman–Crippen MR) is 89.0 cm³/mol. The standard InChI is InChI=1S/C14H29NO3S2/c1-2-3-4-17-5-6-18-11-13(16)9-15-10-14-12-19-7-8-20-14/h13-16H,2-12H2,1H3. The number of aliphatic hydroxyl groups is 1. The van der Waals surface area contributed by atoms with Gasteiger partial charge in [0.1, 0.15) is 0 Å². The molecule has 4 nitrogen and oxygen atoms in total. The summed E-state index contributed by atoms with van der Waals surface area (Å²) in [5.74, 6) is 3.75. The topological polar surface area (TPSA) is 50.7 Å². The first-order valence-electron chi connectivity index (χ1n) is 7.56.